The molecule has 17 heavy (non-hydrogen) atoms. The molecule has 0 radical (unpaired) electrons. The van der Waals surface area contributed by atoms with Gasteiger partial charge in [0.05, 0.1) is 6.54 Å². The molecule has 1 saturated heterocycles. The summed E-state index contributed by atoms with van der Waals surface area (Å²) in [7, 11) is 0. The highest BCUT2D eigenvalue weighted by atomic mass is 127. The van der Waals surface area contributed by atoms with Gasteiger partial charge in [0.1, 0.15) is 5.76 Å². The molecule has 1 aromatic rings. The van der Waals surface area contributed by atoms with Gasteiger partial charge < -0.3 is 14.6 Å². The van der Waals surface area contributed by atoms with Gasteiger partial charge in [-0.2, -0.15) is 0 Å². The Bertz CT molecular complexity index is 351. The number of rotatable bonds is 5. The summed E-state index contributed by atoms with van der Waals surface area (Å²) in [5.74, 6) is 1.83. The van der Waals surface area contributed by atoms with Crippen LogP contribution in [0.15, 0.2) is 16.5 Å². The number of likely N-dealkylation sites (tertiary alicyclic amines) is 1. The van der Waals surface area contributed by atoms with E-state index in [4.69, 9.17) is 4.42 Å². The Hall–Kier alpha value is -0.0700. The van der Waals surface area contributed by atoms with Crippen LogP contribution in [0, 0.1) is 9.68 Å². The molecular weight excluding hydrogens is 327 g/mol. The lowest BCUT2D eigenvalue weighted by molar-refractivity contribution is 0.263. The molecule has 0 bridgehead atoms. The first kappa shape index (κ1) is 13.4. The molecule has 2 heterocycles. The first-order chi connectivity index (χ1) is 8.15. The maximum atomic E-state index is 5.52. The molecule has 1 aliphatic rings. The minimum absolute atomic E-state index is 0.687. The van der Waals surface area contributed by atoms with E-state index >= 15 is 0 Å². The summed E-state index contributed by atoms with van der Waals surface area (Å²) in [6.07, 6.45) is 1.32. The van der Waals surface area contributed by atoms with Crippen LogP contribution < -0.4 is 5.32 Å². The Labute approximate surface area is 117 Å². The second-order valence-corrected chi connectivity index (χ2v) is 6.14. The molecule has 0 spiro atoms. The quantitative estimate of drug-likeness (QED) is 0.830. The van der Waals surface area contributed by atoms with Crippen LogP contribution in [0.5, 0.6) is 0 Å². The fourth-order valence-electron chi connectivity index (χ4n) is 2.34. The summed E-state index contributed by atoms with van der Waals surface area (Å²) in [6, 6.07) is 4.74. The maximum absolute atomic E-state index is 5.52. The van der Waals surface area contributed by atoms with Gasteiger partial charge in [0.2, 0.25) is 0 Å². The lowest BCUT2D eigenvalue weighted by Crippen LogP contribution is -2.30. The first-order valence-electron chi connectivity index (χ1n) is 6.34. The van der Waals surface area contributed by atoms with E-state index in [0.29, 0.717) is 6.04 Å². The molecule has 1 aliphatic heterocycles. The van der Waals surface area contributed by atoms with Gasteiger partial charge >= 0.3 is 0 Å². The molecule has 1 fully saturated rings. The number of hydrogen-bond acceptors (Lipinski definition) is 3. The van der Waals surface area contributed by atoms with Gasteiger partial charge in [0.25, 0.3) is 0 Å². The van der Waals surface area contributed by atoms with Gasteiger partial charge in [-0.25, -0.2) is 0 Å². The molecule has 1 N–H and O–H groups in total. The third kappa shape index (κ3) is 3.96. The lowest BCUT2D eigenvalue weighted by Gasteiger charge is -2.20. The normalized spacial score (nSPS) is 21.5. The highest BCUT2D eigenvalue weighted by Gasteiger charge is 2.23. The van der Waals surface area contributed by atoms with Crippen LogP contribution >= 0.6 is 22.6 Å². The van der Waals surface area contributed by atoms with Crippen LogP contribution in [0.3, 0.4) is 0 Å². The Morgan fingerprint density at radius 1 is 1.53 bits per heavy atom. The predicted molar refractivity (Wildman–Crippen MR) is 77.9 cm³/mol. The third-order valence-corrected chi connectivity index (χ3v) is 3.99. The monoisotopic (exact) mass is 348 g/mol. The highest BCUT2D eigenvalue weighted by Crippen LogP contribution is 2.18. The van der Waals surface area contributed by atoms with E-state index in [1.165, 1.54) is 19.5 Å². The Morgan fingerprint density at radius 3 is 2.94 bits per heavy atom. The summed E-state index contributed by atoms with van der Waals surface area (Å²) < 4.78 is 6.49. The molecule has 0 aliphatic carbocycles. The predicted octanol–water partition coefficient (Wildman–Crippen LogP) is 2.70. The van der Waals surface area contributed by atoms with Gasteiger partial charge in [-0.15, -0.1) is 0 Å². The summed E-state index contributed by atoms with van der Waals surface area (Å²) in [5.41, 5.74) is 0. The van der Waals surface area contributed by atoms with Gasteiger partial charge in [-0.3, -0.25) is 0 Å². The van der Waals surface area contributed by atoms with Crippen molar-refractivity contribution in [2.45, 2.75) is 32.9 Å². The van der Waals surface area contributed by atoms with E-state index in [1.54, 1.807) is 0 Å². The van der Waals surface area contributed by atoms with Crippen LogP contribution in [-0.4, -0.2) is 30.6 Å². The zero-order valence-electron chi connectivity index (χ0n) is 10.6. The summed E-state index contributed by atoms with van der Waals surface area (Å²) >= 11 is 2.20. The smallest absolute Gasteiger partial charge is 0.164 e. The molecule has 96 valence electrons. The van der Waals surface area contributed by atoms with Gasteiger partial charge in [-0.05, 0) is 74.0 Å². The van der Waals surface area contributed by atoms with Crippen molar-refractivity contribution in [1.82, 2.24) is 10.2 Å². The highest BCUT2D eigenvalue weighted by molar-refractivity contribution is 14.1. The van der Waals surface area contributed by atoms with Crippen LogP contribution in [0.4, 0.5) is 0 Å². The lowest BCUT2D eigenvalue weighted by atomic mass is 10.1. The molecular formula is C13H21IN2O. The van der Waals surface area contributed by atoms with Gasteiger partial charge in [-0.1, -0.05) is 0 Å². The first-order valence-corrected chi connectivity index (χ1v) is 7.42. The summed E-state index contributed by atoms with van der Waals surface area (Å²) in [5, 5.41) is 3.49. The average Bonchev–Trinajstić information content (AvgIpc) is 2.88. The van der Waals surface area contributed by atoms with Crippen LogP contribution in [-0.2, 0) is 6.54 Å². The Balaban J connectivity index is 1.66. The minimum Gasteiger partial charge on any atom is -0.454 e. The van der Waals surface area contributed by atoms with E-state index in [2.05, 4.69) is 46.7 Å². The molecule has 3 nitrogen and oxygen atoms in total. The molecule has 1 unspecified atom stereocenters. The molecule has 1 aromatic heterocycles. The molecule has 0 saturated carbocycles. The summed E-state index contributed by atoms with van der Waals surface area (Å²) in [6.45, 7) is 8.99. The second kappa shape index (κ2) is 6.20. The SMILES string of the molecule is CC(C)N1CCC(CNCc2ccc(I)o2)C1. The number of hydrogen-bond donors (Lipinski definition) is 1. The largest absolute Gasteiger partial charge is 0.454 e. The number of nitrogens with zero attached hydrogens (tertiary/aromatic N) is 1. The number of halogens is 1. The van der Waals surface area contributed by atoms with Crippen molar-refractivity contribution < 1.29 is 4.42 Å². The van der Waals surface area contributed by atoms with E-state index in [1.807, 2.05) is 12.1 Å². The van der Waals surface area contributed by atoms with Gasteiger partial charge in [0, 0.05) is 12.6 Å². The van der Waals surface area contributed by atoms with Crippen LogP contribution in [0.25, 0.3) is 0 Å². The van der Waals surface area contributed by atoms with Crippen molar-refractivity contribution >= 4 is 22.6 Å². The van der Waals surface area contributed by atoms with Crippen LogP contribution in [0.2, 0.25) is 0 Å². The van der Waals surface area contributed by atoms with Crippen molar-refractivity contribution in [3.05, 3.63) is 21.7 Å². The van der Waals surface area contributed by atoms with E-state index < -0.39 is 0 Å². The fourth-order valence-corrected chi connectivity index (χ4v) is 2.81. The fraction of sp³-hybridized carbons (Fsp3) is 0.692. The van der Waals surface area contributed by atoms with Crippen LogP contribution in [0.1, 0.15) is 26.0 Å². The van der Waals surface area contributed by atoms with Crippen molar-refractivity contribution in [1.29, 1.82) is 0 Å². The summed E-state index contributed by atoms with van der Waals surface area (Å²) in [4.78, 5) is 2.56. The molecule has 2 rings (SSSR count). The standard InChI is InChI=1S/C13H21IN2O/c1-10(2)16-6-5-11(9-16)7-15-8-12-3-4-13(14)17-12/h3-4,10-11,15H,5-9H2,1-2H3. The number of furan rings is 1. The maximum Gasteiger partial charge on any atom is 0.164 e. The molecule has 1 atom stereocenters. The van der Waals surface area contributed by atoms with Crippen molar-refractivity contribution in [3.63, 3.8) is 0 Å². The second-order valence-electron chi connectivity index (χ2n) is 5.08. The minimum atomic E-state index is 0.687. The van der Waals surface area contributed by atoms with E-state index in [9.17, 15) is 0 Å². The molecule has 4 heteroatoms. The zero-order valence-corrected chi connectivity index (χ0v) is 12.7. The number of nitrogens with one attached hydrogen (secondary N) is 1. The molecule has 0 aromatic carbocycles. The van der Waals surface area contributed by atoms with Crippen molar-refractivity contribution in [2.75, 3.05) is 19.6 Å². The van der Waals surface area contributed by atoms with E-state index in [-0.39, 0.29) is 0 Å². The Morgan fingerprint density at radius 2 is 2.35 bits per heavy atom. The van der Waals surface area contributed by atoms with E-state index in [0.717, 1.165) is 28.5 Å². The third-order valence-electron chi connectivity index (χ3n) is 3.41. The zero-order chi connectivity index (χ0) is 12.3. The molecule has 0 amide bonds. The Kier molecular flexibility index (Phi) is 4.87. The topological polar surface area (TPSA) is 28.4 Å². The van der Waals surface area contributed by atoms with Gasteiger partial charge in [0.15, 0.2) is 3.77 Å². The van der Waals surface area contributed by atoms with Crippen molar-refractivity contribution in [3.8, 4) is 0 Å². The average molecular weight is 348 g/mol. The van der Waals surface area contributed by atoms with Crippen molar-refractivity contribution in [2.24, 2.45) is 5.92 Å².